The zero-order valence-corrected chi connectivity index (χ0v) is 53.5. The first-order valence-corrected chi connectivity index (χ1v) is 32.0. The third-order valence-electron chi connectivity index (χ3n) is 18.3. The first kappa shape index (κ1) is 56.9. The molecule has 464 valence electrons. The molecule has 0 radical (unpaired) electrons. The van der Waals surface area contributed by atoms with Gasteiger partial charge in [0.15, 0.2) is 0 Å². The van der Waals surface area contributed by atoms with Crippen LogP contribution in [0.5, 0.6) is 0 Å². The summed E-state index contributed by atoms with van der Waals surface area (Å²) in [7, 11) is 0. The average Bonchev–Trinajstić information content (AvgIpc) is 0.778. The maximum atomic E-state index is 5.23. The van der Waals surface area contributed by atoms with E-state index in [4.69, 9.17) is 79.7 Å². The molecule has 99 heavy (non-hydrogen) atoms. The minimum Gasteiger partial charge on any atom is -0.253 e. The molecule has 19 rings (SSSR count). The van der Waals surface area contributed by atoms with Crippen LogP contribution in [0.4, 0.5) is 0 Å². The molecule has 0 atom stereocenters. The summed E-state index contributed by atoms with van der Waals surface area (Å²) in [5, 5.41) is 0. The smallest absolute Gasteiger partial charge is 0.117 e. The quantitative estimate of drug-likeness (QED) is 0.128. The van der Waals surface area contributed by atoms with Crippen LogP contribution in [0.3, 0.4) is 0 Å². The van der Waals surface area contributed by atoms with Crippen molar-refractivity contribution in [3.8, 4) is 90.1 Å². The molecule has 0 aliphatic heterocycles. The average molecular weight is 1280 g/mol. The van der Waals surface area contributed by atoms with E-state index in [2.05, 4.69) is 44.2 Å². The highest BCUT2D eigenvalue weighted by Crippen LogP contribution is 2.37. The van der Waals surface area contributed by atoms with Gasteiger partial charge in [-0.25, -0.2) is 74.8 Å². The van der Waals surface area contributed by atoms with Crippen molar-refractivity contribution < 1.29 is 0 Å². The van der Waals surface area contributed by atoms with E-state index in [0.29, 0.717) is 66.9 Å². The Morgan fingerprint density at radius 3 is 0.747 bits per heavy atom. The number of aryl methyl sites for hydroxylation is 5. The number of hydrogen-bond donors (Lipinski definition) is 0. The molecule has 9 aromatic carbocycles. The molecule has 20 nitrogen and oxygen atoms in total. The minimum absolute atomic E-state index is 0.646. The number of rotatable bonds is 8. The lowest BCUT2D eigenvalue weighted by Crippen LogP contribution is -1.98. The second-order valence-corrected chi connectivity index (χ2v) is 24.8. The predicted octanol–water partition coefficient (Wildman–Crippen LogP) is 16.0. The molecule has 0 fully saturated rings. The molecule has 20 heteroatoms. The predicted molar refractivity (Wildman–Crippen MR) is 385 cm³/mol. The molecular formula is C79H48N20. The minimum atomic E-state index is 0.646. The summed E-state index contributed by atoms with van der Waals surface area (Å²) >= 11 is 0. The van der Waals surface area contributed by atoms with Crippen molar-refractivity contribution in [1.29, 1.82) is 0 Å². The van der Waals surface area contributed by atoms with Crippen LogP contribution in [-0.4, -0.2) is 99.7 Å². The maximum absolute atomic E-state index is 5.23. The lowest BCUT2D eigenvalue weighted by molar-refractivity contribution is 1.24. The topological polar surface area (TPSA) is 258 Å². The van der Waals surface area contributed by atoms with Crippen molar-refractivity contribution in [1.82, 2.24) is 99.7 Å². The summed E-state index contributed by atoms with van der Waals surface area (Å²) in [5.41, 5.74) is 31.9. The molecular weight excluding hydrogens is 1230 g/mol. The van der Waals surface area contributed by atoms with Crippen molar-refractivity contribution in [2.24, 2.45) is 0 Å². The van der Waals surface area contributed by atoms with Gasteiger partial charge in [0.2, 0.25) is 0 Å². The van der Waals surface area contributed by atoms with E-state index in [-0.39, 0.29) is 0 Å². The van der Waals surface area contributed by atoms with Gasteiger partial charge in [-0.2, -0.15) is 0 Å². The van der Waals surface area contributed by atoms with E-state index in [1.807, 2.05) is 138 Å². The van der Waals surface area contributed by atoms with E-state index >= 15 is 0 Å². The lowest BCUT2D eigenvalue weighted by Gasteiger charge is -2.11. The third kappa shape index (κ3) is 9.59. The van der Waals surface area contributed by atoms with Crippen molar-refractivity contribution in [2.75, 3.05) is 0 Å². The van der Waals surface area contributed by atoms with E-state index in [1.54, 1.807) is 74.4 Å². The van der Waals surface area contributed by atoms with Crippen LogP contribution in [0.15, 0.2) is 202 Å². The van der Waals surface area contributed by atoms with Gasteiger partial charge in [0.25, 0.3) is 0 Å². The van der Waals surface area contributed by atoms with Gasteiger partial charge in [0, 0.05) is 69.3 Å². The Morgan fingerprint density at radius 2 is 0.394 bits per heavy atom. The van der Waals surface area contributed by atoms with Crippen LogP contribution in [0, 0.1) is 34.6 Å². The SMILES string of the molecule is Cc1cc2nc(-c3cccc(-c4cnc5c(n4)c(C)cc4nc(-c6cccc(-c7cnc8c(n7)c(C)cc7ncc(-c9cccc(-c%10cnc%11c(n%10)c(C)cc%10nc(-c%12cccc(-c%13cnc%14c(n%13)c(C)cc%13nccnc%13%14)c%12)cnc%10%11)c9)nc78)c6)cnc45)c3)cnc2c2nccnc12. The molecule has 0 saturated carbocycles. The van der Waals surface area contributed by atoms with Crippen molar-refractivity contribution in [3.05, 3.63) is 230 Å². The van der Waals surface area contributed by atoms with Crippen LogP contribution >= 0.6 is 0 Å². The molecule has 0 aliphatic rings. The molecule has 0 spiro atoms. The monoisotopic (exact) mass is 1280 g/mol. The number of hydrogen-bond acceptors (Lipinski definition) is 20. The molecule has 0 unspecified atom stereocenters. The van der Waals surface area contributed by atoms with Gasteiger partial charge in [0.1, 0.15) is 55.2 Å². The Hall–Kier alpha value is -13.6. The summed E-state index contributed by atoms with van der Waals surface area (Å²) in [5.74, 6) is 0. The normalized spacial score (nSPS) is 11.9. The van der Waals surface area contributed by atoms with Gasteiger partial charge in [0.05, 0.1) is 150 Å². The highest BCUT2D eigenvalue weighted by atomic mass is 14.9. The Bertz CT molecular complexity index is 6720. The molecule has 0 saturated heterocycles. The molecule has 0 aliphatic carbocycles. The highest BCUT2D eigenvalue weighted by molar-refractivity contribution is 6.06. The second-order valence-electron chi connectivity index (χ2n) is 24.8. The van der Waals surface area contributed by atoms with Crippen molar-refractivity contribution in [2.45, 2.75) is 34.6 Å². The van der Waals surface area contributed by atoms with Crippen molar-refractivity contribution in [3.63, 3.8) is 0 Å². The number of nitrogens with zero attached hydrogens (tertiary/aromatic N) is 20. The fourth-order valence-corrected chi connectivity index (χ4v) is 13.4. The van der Waals surface area contributed by atoms with Crippen molar-refractivity contribution >= 4 is 110 Å². The first-order chi connectivity index (χ1) is 48.5. The highest BCUT2D eigenvalue weighted by Gasteiger charge is 2.21. The Morgan fingerprint density at radius 1 is 0.172 bits per heavy atom. The second kappa shape index (κ2) is 22.2. The fraction of sp³-hybridized carbons (Fsp3) is 0.0633. The summed E-state index contributed by atoms with van der Waals surface area (Å²) in [6.07, 6.45) is 21.1. The van der Waals surface area contributed by atoms with Crippen LogP contribution in [-0.2, 0) is 0 Å². The molecule has 0 bridgehead atoms. The van der Waals surface area contributed by atoms with Gasteiger partial charge in [-0.05, 0) is 117 Å². The van der Waals surface area contributed by atoms with Crippen LogP contribution < -0.4 is 0 Å². The Labute approximate surface area is 561 Å². The third-order valence-corrected chi connectivity index (χ3v) is 18.3. The lowest BCUT2D eigenvalue weighted by atomic mass is 10.0. The number of aromatic nitrogens is 20. The van der Waals surface area contributed by atoms with Crippen LogP contribution in [0.2, 0.25) is 0 Å². The van der Waals surface area contributed by atoms with Gasteiger partial charge in [-0.3, -0.25) is 24.9 Å². The van der Waals surface area contributed by atoms with E-state index in [9.17, 15) is 0 Å². The van der Waals surface area contributed by atoms with E-state index in [1.165, 1.54) is 0 Å². The van der Waals surface area contributed by atoms with E-state index < -0.39 is 0 Å². The Balaban J connectivity index is 0.579. The molecule has 19 aromatic rings. The zero-order chi connectivity index (χ0) is 66.1. The molecule has 0 amide bonds. The fourth-order valence-electron chi connectivity index (χ4n) is 13.4. The van der Waals surface area contributed by atoms with Crippen LogP contribution in [0.1, 0.15) is 27.8 Å². The summed E-state index contributed by atoms with van der Waals surface area (Å²) in [6, 6.07) is 42.5. The van der Waals surface area contributed by atoms with Crippen LogP contribution in [0.25, 0.3) is 200 Å². The first-order valence-electron chi connectivity index (χ1n) is 32.0. The number of benzene rings is 9. The molecule has 10 heterocycles. The Kier molecular flexibility index (Phi) is 12.8. The van der Waals surface area contributed by atoms with Gasteiger partial charge >= 0.3 is 0 Å². The standard InChI is InChI=1S/C79H48N20/c1-39-24-54-71(75-65(39)81-20-21-83-75)85-32-57(92-54)44-10-6-15-49(27-44)62-36-89-77-67(96-62)42(4)25-55-72(77)87-34-59(94-55)46-12-8-16-50(29-46)64-38-91-79-69(98-64)41(3)23-53-74(79)99-60(31-84-53)47-13-9-17-51(30-47)63-37-90-78-68(97-63)43(5)26-56-73(78)86-33-58(93-56)45-11-7-14-48(28-45)61-35-88-76-66(95-61)40(2)22-52-70(76)82-19-18-80-52/h6-38H,1-5H3. The maximum Gasteiger partial charge on any atom is 0.117 e. The molecule has 0 N–H and O–H groups in total. The number of fused-ring (bicyclic) bond motifs is 15. The largest absolute Gasteiger partial charge is 0.253 e. The van der Waals surface area contributed by atoms with Gasteiger partial charge in [-0.15, -0.1) is 0 Å². The molecule has 10 aromatic heterocycles. The van der Waals surface area contributed by atoms with Gasteiger partial charge < -0.3 is 0 Å². The van der Waals surface area contributed by atoms with Gasteiger partial charge in [-0.1, -0.05) is 72.8 Å². The summed E-state index contributed by atoms with van der Waals surface area (Å²) in [6.45, 7) is 10.1. The summed E-state index contributed by atoms with van der Waals surface area (Å²) in [4.78, 5) is 98.7. The zero-order valence-electron chi connectivity index (χ0n) is 53.5. The summed E-state index contributed by atoms with van der Waals surface area (Å²) < 4.78 is 0. The van der Waals surface area contributed by atoms with E-state index in [0.717, 1.165) is 161 Å².